The second-order valence-corrected chi connectivity index (χ2v) is 6.42. The minimum atomic E-state index is -4.07. The third kappa shape index (κ3) is 3.50. The van der Waals surface area contributed by atoms with Crippen LogP contribution < -0.4 is 4.74 Å². The Morgan fingerprint density at radius 3 is 2.55 bits per heavy atom. The molecule has 1 aliphatic rings. The number of benzene rings is 1. The summed E-state index contributed by atoms with van der Waals surface area (Å²) in [5, 5.41) is 0. The fraction of sp³-hybridized carbons (Fsp3) is 0.500. The lowest BCUT2D eigenvalue weighted by Crippen LogP contribution is -2.23. The molecule has 0 radical (unpaired) electrons. The first kappa shape index (κ1) is 14.8. The Bertz CT molecular complexity index is 573. The minimum Gasteiger partial charge on any atom is -0.497 e. The lowest BCUT2D eigenvalue weighted by Gasteiger charge is -2.19. The fourth-order valence-electron chi connectivity index (χ4n) is 2.32. The van der Waals surface area contributed by atoms with Gasteiger partial charge in [0.25, 0.3) is 0 Å². The maximum absolute atomic E-state index is 12.1. The summed E-state index contributed by atoms with van der Waals surface area (Å²) in [5.41, 5.74) is 0. The molecule has 0 bridgehead atoms. The molecule has 0 N–H and O–H groups in total. The van der Waals surface area contributed by atoms with Crippen molar-refractivity contribution in [2.75, 3.05) is 7.11 Å². The van der Waals surface area contributed by atoms with Crippen LogP contribution in [0, 0.1) is 5.92 Å². The summed E-state index contributed by atoms with van der Waals surface area (Å²) in [6.45, 7) is 0. The Labute approximate surface area is 119 Å². The molecule has 1 aliphatic carbocycles. The van der Waals surface area contributed by atoms with Gasteiger partial charge in [0.05, 0.1) is 13.0 Å². The van der Waals surface area contributed by atoms with Gasteiger partial charge in [0.15, 0.2) is 0 Å². The Hall–Kier alpha value is -1.56. The lowest BCUT2D eigenvalue weighted by molar-refractivity contribution is -0.139. The Kier molecular flexibility index (Phi) is 4.65. The number of carbonyl (C=O) groups is 1. The van der Waals surface area contributed by atoms with Crippen LogP contribution in [0.1, 0.15) is 32.1 Å². The number of hydrogen-bond acceptors (Lipinski definition) is 5. The van der Waals surface area contributed by atoms with Crippen LogP contribution in [0.2, 0.25) is 0 Å². The van der Waals surface area contributed by atoms with E-state index in [2.05, 4.69) is 0 Å². The van der Waals surface area contributed by atoms with Crippen LogP contribution in [-0.2, 0) is 19.1 Å². The summed E-state index contributed by atoms with van der Waals surface area (Å²) in [5.74, 6) is -0.545. The predicted molar refractivity (Wildman–Crippen MR) is 72.8 cm³/mol. The smallest absolute Gasteiger partial charge is 0.341 e. The van der Waals surface area contributed by atoms with Crippen molar-refractivity contribution in [3.8, 4) is 5.75 Å². The largest absolute Gasteiger partial charge is 0.497 e. The Balaban J connectivity index is 2.11. The highest BCUT2D eigenvalue weighted by molar-refractivity contribution is 7.87. The average Bonchev–Trinajstić information content (AvgIpc) is 2.48. The topological polar surface area (TPSA) is 69.7 Å². The van der Waals surface area contributed by atoms with Crippen LogP contribution in [0.5, 0.6) is 5.75 Å². The molecule has 1 fully saturated rings. The lowest BCUT2D eigenvalue weighted by atomic mass is 9.90. The van der Waals surface area contributed by atoms with Crippen LogP contribution in [0.25, 0.3) is 0 Å². The first-order chi connectivity index (χ1) is 9.53. The molecule has 6 heteroatoms. The Morgan fingerprint density at radius 2 is 1.90 bits per heavy atom. The highest BCUT2D eigenvalue weighted by Gasteiger charge is 2.28. The van der Waals surface area contributed by atoms with Gasteiger partial charge in [0.2, 0.25) is 0 Å². The van der Waals surface area contributed by atoms with E-state index < -0.39 is 16.1 Å². The molecular formula is C14H18O5S. The zero-order chi connectivity index (χ0) is 14.6. The highest BCUT2D eigenvalue weighted by Crippen LogP contribution is 2.26. The molecular weight excluding hydrogens is 280 g/mol. The number of methoxy groups -OCH3 is 1. The number of carbonyl (C=O) groups excluding carboxylic acids is 1. The molecule has 0 saturated heterocycles. The zero-order valence-electron chi connectivity index (χ0n) is 11.4. The first-order valence-electron chi connectivity index (χ1n) is 6.65. The van der Waals surface area contributed by atoms with E-state index >= 15 is 0 Å². The number of hydrogen-bond donors (Lipinski definition) is 0. The van der Waals surface area contributed by atoms with E-state index in [1.807, 2.05) is 0 Å². The maximum atomic E-state index is 12.1. The maximum Gasteiger partial charge on any atom is 0.341 e. The van der Waals surface area contributed by atoms with Gasteiger partial charge in [-0.25, -0.2) is 0 Å². The van der Waals surface area contributed by atoms with Crippen molar-refractivity contribution in [3.05, 3.63) is 24.3 Å². The molecule has 5 nitrogen and oxygen atoms in total. The SMILES string of the molecule is COc1cccc(S(=O)(=O)OC(=O)C2CCCCC2)c1. The number of rotatable bonds is 4. The van der Waals surface area contributed by atoms with Gasteiger partial charge in [-0.2, -0.15) is 8.42 Å². The summed E-state index contributed by atoms with van der Waals surface area (Å²) in [4.78, 5) is 11.8. The van der Waals surface area contributed by atoms with E-state index in [0.717, 1.165) is 19.3 Å². The molecule has 0 aliphatic heterocycles. The van der Waals surface area contributed by atoms with Gasteiger partial charge in [-0.05, 0) is 25.0 Å². The average molecular weight is 298 g/mol. The van der Waals surface area contributed by atoms with E-state index in [1.165, 1.54) is 19.2 Å². The molecule has 1 aromatic carbocycles. The molecule has 0 spiro atoms. The monoisotopic (exact) mass is 298 g/mol. The van der Waals surface area contributed by atoms with E-state index in [-0.39, 0.29) is 10.8 Å². The van der Waals surface area contributed by atoms with E-state index in [9.17, 15) is 13.2 Å². The standard InChI is InChI=1S/C14H18O5S/c1-18-12-8-5-9-13(10-12)20(16,17)19-14(15)11-6-3-2-4-7-11/h5,8-11H,2-4,6-7H2,1H3. The van der Waals surface area contributed by atoms with Gasteiger partial charge in [-0.3, -0.25) is 4.79 Å². The predicted octanol–water partition coefficient (Wildman–Crippen LogP) is 2.51. The summed E-state index contributed by atoms with van der Waals surface area (Å²) < 4.78 is 33.8. The molecule has 110 valence electrons. The van der Waals surface area contributed by atoms with Crippen molar-refractivity contribution >= 4 is 16.1 Å². The van der Waals surface area contributed by atoms with Crippen LogP contribution >= 0.6 is 0 Å². The Morgan fingerprint density at radius 1 is 1.20 bits per heavy atom. The zero-order valence-corrected chi connectivity index (χ0v) is 12.2. The molecule has 2 rings (SSSR count). The van der Waals surface area contributed by atoms with Crippen LogP contribution in [0.4, 0.5) is 0 Å². The van der Waals surface area contributed by atoms with Crippen molar-refractivity contribution in [2.24, 2.45) is 5.92 Å². The molecule has 0 aromatic heterocycles. The van der Waals surface area contributed by atoms with Gasteiger partial charge >= 0.3 is 16.1 Å². The van der Waals surface area contributed by atoms with Crippen molar-refractivity contribution < 1.29 is 22.1 Å². The quantitative estimate of drug-likeness (QED) is 0.799. The fourth-order valence-corrected chi connectivity index (χ4v) is 3.27. The van der Waals surface area contributed by atoms with Crippen molar-refractivity contribution in [1.82, 2.24) is 0 Å². The van der Waals surface area contributed by atoms with E-state index in [4.69, 9.17) is 8.92 Å². The van der Waals surface area contributed by atoms with Gasteiger partial charge in [0, 0.05) is 6.07 Å². The summed E-state index contributed by atoms with van der Waals surface area (Å²) >= 11 is 0. The second kappa shape index (κ2) is 6.26. The van der Waals surface area contributed by atoms with Gasteiger partial charge in [0.1, 0.15) is 10.6 Å². The van der Waals surface area contributed by atoms with Gasteiger partial charge < -0.3 is 8.92 Å². The van der Waals surface area contributed by atoms with Crippen molar-refractivity contribution in [2.45, 2.75) is 37.0 Å². The first-order valence-corrected chi connectivity index (χ1v) is 8.06. The molecule has 1 saturated carbocycles. The van der Waals surface area contributed by atoms with Gasteiger partial charge in [-0.1, -0.05) is 25.3 Å². The molecule has 0 amide bonds. The van der Waals surface area contributed by atoms with E-state index in [1.54, 1.807) is 12.1 Å². The third-order valence-electron chi connectivity index (χ3n) is 3.46. The second-order valence-electron chi connectivity index (χ2n) is 4.87. The van der Waals surface area contributed by atoms with Gasteiger partial charge in [-0.15, -0.1) is 0 Å². The summed E-state index contributed by atoms with van der Waals surface area (Å²) in [6.07, 6.45) is 4.38. The van der Waals surface area contributed by atoms with Crippen LogP contribution in [0.15, 0.2) is 29.2 Å². The van der Waals surface area contributed by atoms with Crippen LogP contribution in [0.3, 0.4) is 0 Å². The van der Waals surface area contributed by atoms with Crippen LogP contribution in [-0.4, -0.2) is 21.5 Å². The molecule has 0 atom stereocenters. The highest BCUT2D eigenvalue weighted by atomic mass is 32.2. The normalized spacial score (nSPS) is 16.6. The molecule has 0 unspecified atom stereocenters. The summed E-state index contributed by atoms with van der Waals surface area (Å²) in [6, 6.07) is 5.89. The molecule has 1 aromatic rings. The van der Waals surface area contributed by atoms with Crippen molar-refractivity contribution in [3.63, 3.8) is 0 Å². The molecule has 20 heavy (non-hydrogen) atoms. The third-order valence-corrected chi connectivity index (χ3v) is 4.68. The van der Waals surface area contributed by atoms with Crippen molar-refractivity contribution in [1.29, 1.82) is 0 Å². The minimum absolute atomic E-state index is 0.0685. The molecule has 0 heterocycles. The van der Waals surface area contributed by atoms with E-state index in [0.29, 0.717) is 18.6 Å². The summed E-state index contributed by atoms with van der Waals surface area (Å²) in [7, 11) is -2.63. The number of ether oxygens (including phenoxy) is 1.